The summed E-state index contributed by atoms with van der Waals surface area (Å²) in [7, 11) is 0. The third-order valence-electron chi connectivity index (χ3n) is 2.55. The molecule has 0 aliphatic carbocycles. The van der Waals surface area contributed by atoms with Gasteiger partial charge < -0.3 is 14.6 Å². The number of rotatable bonds is 2. The summed E-state index contributed by atoms with van der Waals surface area (Å²) in [6, 6.07) is 5.50. The van der Waals surface area contributed by atoms with Crippen molar-refractivity contribution in [2.75, 3.05) is 13.2 Å². The van der Waals surface area contributed by atoms with Gasteiger partial charge in [-0.25, -0.2) is 0 Å². The zero-order valence-corrected chi connectivity index (χ0v) is 9.40. The van der Waals surface area contributed by atoms with Crippen LogP contribution < -0.4 is 9.47 Å². The third-order valence-corrected chi connectivity index (χ3v) is 2.55. The highest BCUT2D eigenvalue weighted by molar-refractivity contribution is 5.45. The first-order chi connectivity index (χ1) is 7.68. The van der Waals surface area contributed by atoms with Gasteiger partial charge in [-0.3, -0.25) is 0 Å². The van der Waals surface area contributed by atoms with Crippen molar-refractivity contribution in [1.29, 1.82) is 0 Å². The lowest BCUT2D eigenvalue weighted by molar-refractivity contribution is 0.215. The lowest BCUT2D eigenvalue weighted by Crippen LogP contribution is -1.99. The van der Waals surface area contributed by atoms with Crippen LogP contribution in [-0.2, 0) is 0 Å². The maximum Gasteiger partial charge on any atom is 0.161 e. The van der Waals surface area contributed by atoms with Gasteiger partial charge in [0.05, 0.1) is 19.3 Å². The van der Waals surface area contributed by atoms with Crippen LogP contribution in [0.1, 0.15) is 25.0 Å². The van der Waals surface area contributed by atoms with Crippen LogP contribution >= 0.6 is 0 Å². The van der Waals surface area contributed by atoms with Gasteiger partial charge in [-0.05, 0) is 30.2 Å². The van der Waals surface area contributed by atoms with E-state index in [2.05, 4.69) is 6.58 Å². The van der Waals surface area contributed by atoms with Crippen molar-refractivity contribution in [3.05, 3.63) is 35.9 Å². The van der Waals surface area contributed by atoms with E-state index in [1.807, 2.05) is 18.2 Å². The summed E-state index contributed by atoms with van der Waals surface area (Å²) in [5.74, 6) is 1.45. The number of hydrogen-bond acceptors (Lipinski definition) is 3. The Balaban J connectivity index is 2.30. The van der Waals surface area contributed by atoms with Gasteiger partial charge in [0.2, 0.25) is 0 Å². The number of ether oxygens (including phenoxy) is 2. The molecule has 0 amide bonds. The molecule has 3 nitrogen and oxygen atoms in total. The molecule has 0 fully saturated rings. The van der Waals surface area contributed by atoms with Crippen molar-refractivity contribution in [3.63, 3.8) is 0 Å². The van der Waals surface area contributed by atoms with Gasteiger partial charge in [-0.1, -0.05) is 12.6 Å². The fourth-order valence-corrected chi connectivity index (χ4v) is 1.63. The Labute approximate surface area is 95.3 Å². The second-order valence-corrected chi connectivity index (χ2v) is 4.01. The highest BCUT2D eigenvalue weighted by Crippen LogP contribution is 2.33. The van der Waals surface area contributed by atoms with Crippen molar-refractivity contribution in [2.45, 2.75) is 19.4 Å². The number of fused-ring (bicyclic) bond motifs is 1. The molecule has 1 N–H and O–H groups in total. The van der Waals surface area contributed by atoms with Gasteiger partial charge in [0.1, 0.15) is 0 Å². The molecule has 0 spiro atoms. The van der Waals surface area contributed by atoms with Crippen molar-refractivity contribution in [3.8, 4) is 11.5 Å². The molecule has 1 aromatic rings. The third kappa shape index (κ3) is 2.19. The van der Waals surface area contributed by atoms with E-state index >= 15 is 0 Å². The van der Waals surface area contributed by atoms with Gasteiger partial charge in [-0.15, -0.1) is 0 Å². The first-order valence-electron chi connectivity index (χ1n) is 5.41. The second kappa shape index (κ2) is 4.58. The quantitative estimate of drug-likeness (QED) is 0.778. The van der Waals surface area contributed by atoms with E-state index in [4.69, 9.17) is 9.47 Å². The first-order valence-corrected chi connectivity index (χ1v) is 5.41. The largest absolute Gasteiger partial charge is 0.490 e. The standard InChI is InChI=1S/C13H16O3/c1-9(2)13(14)10-4-5-11-12(8-10)16-7-3-6-15-11/h4-5,8,13-14H,1,3,6-7H2,2H3. The minimum atomic E-state index is -0.642. The lowest BCUT2D eigenvalue weighted by atomic mass is 10.0. The van der Waals surface area contributed by atoms with E-state index in [1.54, 1.807) is 6.92 Å². The van der Waals surface area contributed by atoms with Crippen molar-refractivity contribution < 1.29 is 14.6 Å². The average Bonchev–Trinajstić information content (AvgIpc) is 2.51. The Hall–Kier alpha value is -1.48. The van der Waals surface area contributed by atoms with E-state index in [-0.39, 0.29) is 0 Å². The Kier molecular flexibility index (Phi) is 3.15. The molecule has 1 aromatic carbocycles. The topological polar surface area (TPSA) is 38.7 Å². The van der Waals surface area contributed by atoms with E-state index in [0.717, 1.165) is 23.3 Å². The molecule has 1 unspecified atom stereocenters. The molecule has 1 aliphatic rings. The highest BCUT2D eigenvalue weighted by atomic mass is 16.5. The SMILES string of the molecule is C=C(C)C(O)c1ccc2c(c1)OCCCO2. The summed E-state index contributed by atoms with van der Waals surface area (Å²) in [5, 5.41) is 9.87. The van der Waals surface area contributed by atoms with E-state index in [0.29, 0.717) is 19.0 Å². The van der Waals surface area contributed by atoms with Crippen LogP contribution in [0.4, 0.5) is 0 Å². The molecule has 2 rings (SSSR count). The zero-order valence-electron chi connectivity index (χ0n) is 9.40. The average molecular weight is 220 g/mol. The van der Waals surface area contributed by atoms with Gasteiger partial charge in [0, 0.05) is 6.42 Å². The zero-order chi connectivity index (χ0) is 11.5. The number of aliphatic hydroxyl groups is 1. The summed E-state index contributed by atoms with van der Waals surface area (Å²) in [6.07, 6.45) is 0.240. The molecule has 86 valence electrons. The molecule has 1 atom stereocenters. The van der Waals surface area contributed by atoms with E-state index in [9.17, 15) is 5.11 Å². The van der Waals surface area contributed by atoms with E-state index < -0.39 is 6.10 Å². The van der Waals surface area contributed by atoms with Crippen molar-refractivity contribution >= 4 is 0 Å². The number of hydrogen-bond donors (Lipinski definition) is 1. The van der Waals surface area contributed by atoms with Gasteiger partial charge in [0.15, 0.2) is 11.5 Å². The monoisotopic (exact) mass is 220 g/mol. The Morgan fingerprint density at radius 3 is 2.69 bits per heavy atom. The predicted molar refractivity (Wildman–Crippen MR) is 61.8 cm³/mol. The van der Waals surface area contributed by atoms with Crippen LogP contribution in [0.3, 0.4) is 0 Å². The maximum atomic E-state index is 9.87. The summed E-state index contributed by atoms with van der Waals surface area (Å²) in [5.41, 5.74) is 1.51. The van der Waals surface area contributed by atoms with Crippen LogP contribution in [-0.4, -0.2) is 18.3 Å². The fraction of sp³-hybridized carbons (Fsp3) is 0.385. The molecule has 0 bridgehead atoms. The maximum absolute atomic E-state index is 9.87. The predicted octanol–water partition coefficient (Wildman–Crippen LogP) is 2.46. The van der Waals surface area contributed by atoms with Crippen LogP contribution in [0.15, 0.2) is 30.4 Å². The molecule has 0 radical (unpaired) electrons. The van der Waals surface area contributed by atoms with Crippen LogP contribution in [0.5, 0.6) is 11.5 Å². The van der Waals surface area contributed by atoms with E-state index in [1.165, 1.54) is 0 Å². The molecule has 16 heavy (non-hydrogen) atoms. The smallest absolute Gasteiger partial charge is 0.161 e. The highest BCUT2D eigenvalue weighted by Gasteiger charge is 2.14. The van der Waals surface area contributed by atoms with Gasteiger partial charge in [0.25, 0.3) is 0 Å². The summed E-state index contributed by atoms with van der Waals surface area (Å²) < 4.78 is 11.1. The Morgan fingerprint density at radius 2 is 2.00 bits per heavy atom. The second-order valence-electron chi connectivity index (χ2n) is 4.01. The molecule has 1 aliphatic heterocycles. The normalized spacial score (nSPS) is 16.4. The Morgan fingerprint density at radius 1 is 1.31 bits per heavy atom. The minimum absolute atomic E-state index is 0.642. The molecule has 1 heterocycles. The first kappa shape index (κ1) is 11.0. The molecule has 0 saturated carbocycles. The summed E-state index contributed by atoms with van der Waals surface area (Å²) in [4.78, 5) is 0. The fourth-order valence-electron chi connectivity index (χ4n) is 1.63. The van der Waals surface area contributed by atoms with Crippen LogP contribution in [0.2, 0.25) is 0 Å². The number of benzene rings is 1. The number of aliphatic hydroxyl groups excluding tert-OH is 1. The van der Waals surface area contributed by atoms with Crippen LogP contribution in [0.25, 0.3) is 0 Å². The summed E-state index contributed by atoms with van der Waals surface area (Å²) in [6.45, 7) is 6.87. The molecule has 0 aromatic heterocycles. The van der Waals surface area contributed by atoms with Gasteiger partial charge in [-0.2, -0.15) is 0 Å². The molecule has 0 saturated heterocycles. The Bertz CT molecular complexity index is 398. The van der Waals surface area contributed by atoms with Crippen molar-refractivity contribution in [1.82, 2.24) is 0 Å². The van der Waals surface area contributed by atoms with Gasteiger partial charge >= 0.3 is 0 Å². The lowest BCUT2D eigenvalue weighted by Gasteiger charge is -2.13. The molecular weight excluding hydrogens is 204 g/mol. The van der Waals surface area contributed by atoms with Crippen molar-refractivity contribution in [2.24, 2.45) is 0 Å². The minimum Gasteiger partial charge on any atom is -0.490 e. The molecular formula is C13H16O3. The molecule has 3 heteroatoms. The summed E-state index contributed by atoms with van der Waals surface area (Å²) >= 11 is 0. The van der Waals surface area contributed by atoms with Crippen LogP contribution in [0, 0.1) is 0 Å².